The third kappa shape index (κ3) is 3.47. The molecule has 7 rings (SSSR count). The molecule has 41 heavy (non-hydrogen) atoms. The van der Waals surface area contributed by atoms with Crippen molar-refractivity contribution in [1.29, 1.82) is 0 Å². The molecule has 2 aromatic heterocycles. The van der Waals surface area contributed by atoms with Crippen molar-refractivity contribution >= 4 is 22.8 Å². The number of halogens is 3. The van der Waals surface area contributed by atoms with Crippen molar-refractivity contribution in [3.63, 3.8) is 0 Å². The molecule has 0 fully saturated rings. The SMILES string of the molecule is CC[C@@]1(O)C(=O)OCc2c1cc1n(c2=O)Cc2c-1nc1cc3c(cc1c2C1(C)C=C(NC(=O)C(F)(F)F)C1)OCO3. The summed E-state index contributed by atoms with van der Waals surface area (Å²) in [4.78, 5) is 42.6. The van der Waals surface area contributed by atoms with Crippen LogP contribution in [0.2, 0.25) is 0 Å². The largest absolute Gasteiger partial charge is 0.471 e. The Labute approximate surface area is 229 Å². The number of ether oxygens (including phenoxy) is 3. The molecule has 1 aliphatic carbocycles. The molecule has 2 atom stereocenters. The minimum absolute atomic E-state index is 0.0102. The van der Waals surface area contributed by atoms with Crippen LogP contribution in [0.5, 0.6) is 11.5 Å². The summed E-state index contributed by atoms with van der Waals surface area (Å²) in [6.07, 6.45) is -3.38. The molecule has 3 aliphatic heterocycles. The summed E-state index contributed by atoms with van der Waals surface area (Å²) in [6, 6.07) is 5.04. The molecule has 1 aromatic carbocycles. The van der Waals surface area contributed by atoms with E-state index in [2.05, 4.69) is 0 Å². The Morgan fingerprint density at radius 2 is 1.85 bits per heavy atom. The maximum Gasteiger partial charge on any atom is 0.471 e. The van der Waals surface area contributed by atoms with Gasteiger partial charge in [0.05, 0.1) is 29.0 Å². The van der Waals surface area contributed by atoms with Crippen LogP contribution in [0.1, 0.15) is 48.9 Å². The average Bonchev–Trinajstić information content (AvgIpc) is 3.51. The zero-order valence-corrected chi connectivity index (χ0v) is 21.8. The molecule has 4 aliphatic rings. The maximum absolute atomic E-state index is 13.7. The van der Waals surface area contributed by atoms with E-state index in [1.54, 1.807) is 31.2 Å². The molecule has 1 amide bonds. The van der Waals surface area contributed by atoms with Crippen LogP contribution in [0.3, 0.4) is 0 Å². The normalized spacial score (nSPS) is 23.8. The van der Waals surface area contributed by atoms with Crippen molar-refractivity contribution in [2.75, 3.05) is 6.79 Å². The maximum atomic E-state index is 13.7. The molecular formula is C28H22F3N3O7. The third-order valence-corrected chi connectivity index (χ3v) is 8.33. The molecule has 0 saturated carbocycles. The summed E-state index contributed by atoms with van der Waals surface area (Å²) < 4.78 is 56.3. The van der Waals surface area contributed by atoms with Gasteiger partial charge in [0.2, 0.25) is 6.79 Å². The molecule has 3 aromatic rings. The van der Waals surface area contributed by atoms with E-state index in [4.69, 9.17) is 19.2 Å². The molecule has 10 nitrogen and oxygen atoms in total. The number of nitrogens with zero attached hydrogens (tertiary/aromatic N) is 2. The van der Waals surface area contributed by atoms with Crippen LogP contribution < -0.4 is 20.3 Å². The Balaban J connectivity index is 1.44. The van der Waals surface area contributed by atoms with Gasteiger partial charge < -0.3 is 29.2 Å². The number of rotatable bonds is 3. The van der Waals surface area contributed by atoms with Gasteiger partial charge in [-0.1, -0.05) is 19.9 Å². The fraction of sp³-hybridized carbons (Fsp3) is 0.357. The number of aromatic nitrogens is 2. The lowest BCUT2D eigenvalue weighted by atomic mass is 9.67. The standard InChI is InChI=1S/C28H22F3N3O7/c1-3-27(38)16-5-18-22-14(9-34(18)23(35)15(16)10-39-25(27)37)21(13-4-19-20(41-11-40-19)6-17(13)33-22)26(2)7-12(8-26)32-24(36)28(29,30)31/h4-7,38H,3,8-11H2,1-2H3,(H,32,36)/t26?,27-/m0/s1. The number of benzene rings is 1. The summed E-state index contributed by atoms with van der Waals surface area (Å²) in [6.45, 7) is 3.27. The number of nitrogens with one attached hydrogen (secondary N) is 1. The monoisotopic (exact) mass is 569 g/mol. The second kappa shape index (κ2) is 8.09. The number of amides is 1. The average molecular weight is 569 g/mol. The van der Waals surface area contributed by atoms with Crippen molar-refractivity contribution < 1.29 is 42.1 Å². The van der Waals surface area contributed by atoms with E-state index in [0.717, 1.165) is 0 Å². The summed E-state index contributed by atoms with van der Waals surface area (Å²) in [5.41, 5.74) is -0.114. The van der Waals surface area contributed by atoms with Gasteiger partial charge in [-0.25, -0.2) is 9.78 Å². The van der Waals surface area contributed by atoms with Crippen LogP contribution >= 0.6 is 0 Å². The van der Waals surface area contributed by atoms with Gasteiger partial charge in [-0.2, -0.15) is 13.2 Å². The third-order valence-electron chi connectivity index (χ3n) is 8.33. The fourth-order valence-electron chi connectivity index (χ4n) is 6.33. The molecule has 0 bridgehead atoms. The summed E-state index contributed by atoms with van der Waals surface area (Å²) >= 11 is 0. The predicted octanol–water partition coefficient (Wildman–Crippen LogP) is 3.03. The van der Waals surface area contributed by atoms with E-state index >= 15 is 0 Å². The Morgan fingerprint density at radius 3 is 2.54 bits per heavy atom. The minimum atomic E-state index is -5.03. The van der Waals surface area contributed by atoms with Crippen LogP contribution in [0.4, 0.5) is 13.2 Å². The number of pyridine rings is 2. The van der Waals surface area contributed by atoms with Crippen LogP contribution in [0.15, 0.2) is 34.8 Å². The molecule has 5 heterocycles. The Kier molecular flexibility index (Phi) is 5.05. The number of carbonyl (C=O) groups excluding carboxylic acids is 2. The van der Waals surface area contributed by atoms with E-state index in [1.807, 2.05) is 12.2 Å². The highest BCUT2D eigenvalue weighted by Gasteiger charge is 2.47. The van der Waals surface area contributed by atoms with E-state index < -0.39 is 34.6 Å². The highest BCUT2D eigenvalue weighted by molar-refractivity contribution is 5.93. The number of carbonyl (C=O) groups is 2. The van der Waals surface area contributed by atoms with Crippen molar-refractivity contribution in [2.24, 2.45) is 0 Å². The molecule has 0 saturated heterocycles. The predicted molar refractivity (Wildman–Crippen MR) is 135 cm³/mol. The van der Waals surface area contributed by atoms with Crippen LogP contribution in [0, 0.1) is 0 Å². The highest BCUT2D eigenvalue weighted by Crippen LogP contribution is 2.50. The first-order valence-corrected chi connectivity index (χ1v) is 12.9. The van der Waals surface area contributed by atoms with Crippen LogP contribution in [-0.2, 0) is 38.5 Å². The first-order chi connectivity index (χ1) is 19.3. The van der Waals surface area contributed by atoms with Crippen LogP contribution in [-0.4, -0.2) is 39.5 Å². The van der Waals surface area contributed by atoms with Crippen molar-refractivity contribution in [3.05, 3.63) is 62.6 Å². The number of esters is 1. The highest BCUT2D eigenvalue weighted by atomic mass is 19.4. The Morgan fingerprint density at radius 1 is 1.15 bits per heavy atom. The van der Waals surface area contributed by atoms with Gasteiger partial charge in [-0.3, -0.25) is 9.59 Å². The summed E-state index contributed by atoms with van der Waals surface area (Å²) in [5.74, 6) is -1.95. The van der Waals surface area contributed by atoms with Gasteiger partial charge >= 0.3 is 18.1 Å². The second-order valence-corrected chi connectivity index (χ2v) is 10.9. The molecule has 1 unspecified atom stereocenters. The fourth-order valence-corrected chi connectivity index (χ4v) is 6.33. The zero-order valence-electron chi connectivity index (χ0n) is 21.8. The molecule has 13 heteroatoms. The van der Waals surface area contributed by atoms with E-state index in [-0.39, 0.29) is 49.6 Å². The summed E-state index contributed by atoms with van der Waals surface area (Å²) in [5, 5.41) is 13.8. The number of aliphatic hydroxyl groups is 1. The second-order valence-electron chi connectivity index (χ2n) is 10.9. The van der Waals surface area contributed by atoms with Crippen molar-refractivity contribution in [2.45, 2.75) is 57.0 Å². The van der Waals surface area contributed by atoms with Gasteiger partial charge in [-0.05, 0) is 24.1 Å². The zero-order chi connectivity index (χ0) is 29.1. The smallest absolute Gasteiger partial charge is 0.458 e. The van der Waals surface area contributed by atoms with Crippen molar-refractivity contribution in [3.8, 4) is 22.9 Å². The van der Waals surface area contributed by atoms with E-state index in [9.17, 15) is 32.7 Å². The van der Waals surface area contributed by atoms with E-state index in [0.29, 0.717) is 44.9 Å². The first-order valence-electron chi connectivity index (χ1n) is 12.9. The minimum Gasteiger partial charge on any atom is -0.458 e. The topological polar surface area (TPSA) is 129 Å². The number of hydrogen-bond acceptors (Lipinski definition) is 8. The number of allylic oxidation sites excluding steroid dienone is 2. The lowest BCUT2D eigenvalue weighted by Crippen LogP contribution is -2.44. The Bertz CT molecular complexity index is 1830. The molecule has 0 spiro atoms. The quantitative estimate of drug-likeness (QED) is 0.361. The van der Waals surface area contributed by atoms with Gasteiger partial charge in [0.25, 0.3) is 5.56 Å². The van der Waals surface area contributed by atoms with Gasteiger partial charge in [0, 0.05) is 40.1 Å². The lowest BCUT2D eigenvalue weighted by molar-refractivity contribution is -0.172. The van der Waals surface area contributed by atoms with Gasteiger partial charge in [0.1, 0.15) is 6.61 Å². The molecular weight excluding hydrogens is 547 g/mol. The number of fused-ring (bicyclic) bond motifs is 6. The Hall–Kier alpha value is -4.39. The molecule has 212 valence electrons. The summed E-state index contributed by atoms with van der Waals surface area (Å²) in [7, 11) is 0. The van der Waals surface area contributed by atoms with Gasteiger partial charge in [0.15, 0.2) is 17.1 Å². The van der Waals surface area contributed by atoms with Gasteiger partial charge in [-0.15, -0.1) is 0 Å². The number of cyclic esters (lactones) is 1. The molecule has 2 N–H and O–H groups in total. The number of alkyl halides is 3. The van der Waals surface area contributed by atoms with E-state index in [1.165, 1.54) is 4.57 Å². The first kappa shape index (κ1) is 25.6. The lowest BCUT2D eigenvalue weighted by Gasteiger charge is -2.39. The molecule has 0 radical (unpaired) electrons. The van der Waals surface area contributed by atoms with Crippen molar-refractivity contribution in [1.82, 2.24) is 14.9 Å². The van der Waals surface area contributed by atoms with Crippen LogP contribution in [0.25, 0.3) is 22.3 Å². The number of hydrogen-bond donors (Lipinski definition) is 2.